The maximum atomic E-state index is 12.1. The largest absolute Gasteiger partial charge is 0.465 e. The van der Waals surface area contributed by atoms with Crippen LogP contribution in [-0.4, -0.2) is 19.0 Å². The third kappa shape index (κ3) is 3.73. The van der Waals surface area contributed by atoms with Gasteiger partial charge < -0.3 is 9.47 Å². The number of methoxy groups -OCH3 is 1. The number of rotatable bonds is 4. The summed E-state index contributed by atoms with van der Waals surface area (Å²) in [5.41, 5.74) is 3.75. The monoisotopic (exact) mass is 298 g/mol. The Morgan fingerprint density at radius 1 is 0.955 bits per heavy atom. The lowest BCUT2D eigenvalue weighted by Gasteiger charge is -2.08. The van der Waals surface area contributed by atoms with E-state index >= 15 is 0 Å². The first-order chi connectivity index (χ1) is 10.5. The number of ether oxygens (including phenoxy) is 2. The van der Waals surface area contributed by atoms with Gasteiger partial charge in [-0.2, -0.15) is 0 Å². The van der Waals surface area contributed by atoms with Gasteiger partial charge in [0.25, 0.3) is 0 Å². The highest BCUT2D eigenvalue weighted by molar-refractivity contribution is 5.91. The molecule has 0 aliphatic rings. The first kappa shape index (κ1) is 15.8. The van der Waals surface area contributed by atoms with E-state index in [1.54, 1.807) is 24.3 Å². The summed E-state index contributed by atoms with van der Waals surface area (Å²) in [7, 11) is 1.34. The zero-order valence-electron chi connectivity index (χ0n) is 12.9. The average Bonchev–Trinajstić information content (AvgIpc) is 2.54. The Morgan fingerprint density at radius 2 is 1.64 bits per heavy atom. The van der Waals surface area contributed by atoms with Crippen LogP contribution in [0.15, 0.2) is 42.5 Å². The van der Waals surface area contributed by atoms with E-state index in [4.69, 9.17) is 4.74 Å². The van der Waals surface area contributed by atoms with Crippen molar-refractivity contribution in [3.63, 3.8) is 0 Å². The molecule has 0 amide bonds. The molecule has 0 unspecified atom stereocenters. The van der Waals surface area contributed by atoms with Crippen LogP contribution in [0, 0.1) is 13.8 Å². The first-order valence-electron chi connectivity index (χ1n) is 6.93. The summed E-state index contributed by atoms with van der Waals surface area (Å²) >= 11 is 0. The predicted molar refractivity (Wildman–Crippen MR) is 82.8 cm³/mol. The Hall–Kier alpha value is -2.62. The highest BCUT2D eigenvalue weighted by atomic mass is 16.5. The maximum Gasteiger partial charge on any atom is 0.338 e. The number of aryl methyl sites for hydroxylation is 2. The number of esters is 2. The van der Waals surface area contributed by atoms with E-state index < -0.39 is 0 Å². The Morgan fingerprint density at radius 3 is 2.27 bits per heavy atom. The number of carbonyl (C=O) groups is 2. The van der Waals surface area contributed by atoms with E-state index in [0.29, 0.717) is 11.1 Å². The summed E-state index contributed by atoms with van der Waals surface area (Å²) in [5.74, 6) is -0.739. The minimum absolute atomic E-state index is 0.160. The van der Waals surface area contributed by atoms with Crippen LogP contribution in [0.3, 0.4) is 0 Å². The van der Waals surface area contributed by atoms with Gasteiger partial charge in [0.05, 0.1) is 18.2 Å². The van der Waals surface area contributed by atoms with E-state index in [-0.39, 0.29) is 18.5 Å². The van der Waals surface area contributed by atoms with Crippen molar-refractivity contribution in [1.82, 2.24) is 0 Å². The Balaban J connectivity index is 2.02. The molecule has 0 aliphatic carbocycles. The molecule has 2 aromatic rings. The van der Waals surface area contributed by atoms with Gasteiger partial charge in [-0.3, -0.25) is 0 Å². The number of hydrogen-bond acceptors (Lipinski definition) is 4. The van der Waals surface area contributed by atoms with Gasteiger partial charge in [-0.15, -0.1) is 0 Å². The fourth-order valence-corrected chi connectivity index (χ4v) is 2.04. The van der Waals surface area contributed by atoms with E-state index in [9.17, 15) is 9.59 Å². The van der Waals surface area contributed by atoms with Crippen molar-refractivity contribution in [2.24, 2.45) is 0 Å². The highest BCUT2D eigenvalue weighted by Gasteiger charge is 2.11. The van der Waals surface area contributed by atoms with Crippen LogP contribution in [0.5, 0.6) is 0 Å². The molecule has 0 aromatic heterocycles. The van der Waals surface area contributed by atoms with Gasteiger partial charge in [-0.25, -0.2) is 9.59 Å². The molecule has 0 radical (unpaired) electrons. The lowest BCUT2D eigenvalue weighted by atomic mass is 10.1. The second kappa shape index (κ2) is 6.89. The molecule has 2 aromatic carbocycles. The smallest absolute Gasteiger partial charge is 0.338 e. The molecule has 0 heterocycles. The summed E-state index contributed by atoms with van der Waals surface area (Å²) in [6.07, 6.45) is 0. The van der Waals surface area contributed by atoms with Gasteiger partial charge in [-0.05, 0) is 43.2 Å². The minimum Gasteiger partial charge on any atom is -0.465 e. The van der Waals surface area contributed by atoms with Crippen molar-refractivity contribution in [2.45, 2.75) is 20.5 Å². The average molecular weight is 298 g/mol. The fourth-order valence-electron chi connectivity index (χ4n) is 2.04. The van der Waals surface area contributed by atoms with Crippen LogP contribution in [0.1, 0.15) is 37.4 Å². The highest BCUT2D eigenvalue weighted by Crippen LogP contribution is 2.14. The first-order valence-corrected chi connectivity index (χ1v) is 6.93. The van der Waals surface area contributed by atoms with Crippen molar-refractivity contribution in [3.05, 3.63) is 70.3 Å². The second-order valence-electron chi connectivity index (χ2n) is 5.08. The summed E-state index contributed by atoms with van der Waals surface area (Å²) in [6.45, 7) is 3.97. The summed E-state index contributed by atoms with van der Waals surface area (Å²) < 4.78 is 9.95. The summed E-state index contributed by atoms with van der Waals surface area (Å²) in [5, 5.41) is 0. The van der Waals surface area contributed by atoms with Gasteiger partial charge in [0, 0.05) is 0 Å². The Bertz CT molecular complexity index is 687. The predicted octanol–water partition coefficient (Wildman–Crippen LogP) is 3.45. The van der Waals surface area contributed by atoms with Crippen LogP contribution < -0.4 is 0 Å². The van der Waals surface area contributed by atoms with Crippen molar-refractivity contribution >= 4 is 11.9 Å². The summed E-state index contributed by atoms with van der Waals surface area (Å²) in [4.78, 5) is 23.5. The molecule has 0 bridgehead atoms. The molecule has 0 N–H and O–H groups in total. The van der Waals surface area contributed by atoms with Gasteiger partial charge in [-0.1, -0.05) is 29.8 Å². The molecule has 0 saturated heterocycles. The van der Waals surface area contributed by atoms with Gasteiger partial charge in [0.2, 0.25) is 0 Å². The minimum atomic E-state index is -0.390. The van der Waals surface area contributed by atoms with Gasteiger partial charge >= 0.3 is 11.9 Å². The van der Waals surface area contributed by atoms with Crippen LogP contribution >= 0.6 is 0 Å². The topological polar surface area (TPSA) is 52.6 Å². The molecule has 4 nitrogen and oxygen atoms in total. The third-order valence-electron chi connectivity index (χ3n) is 3.36. The third-order valence-corrected chi connectivity index (χ3v) is 3.36. The van der Waals surface area contributed by atoms with Crippen LogP contribution in [-0.2, 0) is 16.1 Å². The molecule has 114 valence electrons. The van der Waals surface area contributed by atoms with Crippen molar-refractivity contribution in [1.29, 1.82) is 0 Å². The molecule has 22 heavy (non-hydrogen) atoms. The van der Waals surface area contributed by atoms with Gasteiger partial charge in [0.15, 0.2) is 0 Å². The maximum absolute atomic E-state index is 12.1. The quantitative estimate of drug-likeness (QED) is 0.811. The lowest BCUT2D eigenvalue weighted by Crippen LogP contribution is -2.08. The molecule has 0 spiro atoms. The number of hydrogen-bond donors (Lipinski definition) is 0. The SMILES string of the molecule is COC(=O)c1ccc(COC(=O)c2cc(C)ccc2C)cc1. The molecular weight excluding hydrogens is 280 g/mol. The van der Waals surface area contributed by atoms with Crippen LogP contribution in [0.25, 0.3) is 0 Å². The van der Waals surface area contributed by atoms with Gasteiger partial charge in [0.1, 0.15) is 6.61 Å². The molecular formula is C18H18O4. The molecule has 0 aliphatic heterocycles. The second-order valence-corrected chi connectivity index (χ2v) is 5.08. The van der Waals surface area contributed by atoms with Crippen LogP contribution in [0.2, 0.25) is 0 Å². The zero-order valence-corrected chi connectivity index (χ0v) is 12.9. The molecule has 0 saturated carbocycles. The standard InChI is InChI=1S/C18H18O4/c1-12-4-5-13(2)16(10-12)18(20)22-11-14-6-8-15(9-7-14)17(19)21-3/h4-10H,11H2,1-3H3. The Kier molecular flexibility index (Phi) is 4.94. The molecule has 0 atom stereocenters. The molecule has 0 fully saturated rings. The number of carbonyl (C=O) groups excluding carboxylic acids is 2. The van der Waals surface area contributed by atoms with E-state index in [0.717, 1.165) is 16.7 Å². The summed E-state index contributed by atoms with van der Waals surface area (Å²) in [6, 6.07) is 12.4. The Labute approximate surface area is 129 Å². The normalized spacial score (nSPS) is 10.1. The van der Waals surface area contributed by atoms with E-state index in [1.165, 1.54) is 7.11 Å². The van der Waals surface area contributed by atoms with Crippen molar-refractivity contribution < 1.29 is 19.1 Å². The van der Waals surface area contributed by atoms with Crippen molar-refractivity contribution in [3.8, 4) is 0 Å². The fraction of sp³-hybridized carbons (Fsp3) is 0.222. The lowest BCUT2D eigenvalue weighted by molar-refractivity contribution is 0.0470. The van der Waals surface area contributed by atoms with E-state index in [2.05, 4.69) is 4.74 Å². The zero-order chi connectivity index (χ0) is 16.1. The molecule has 4 heteroatoms. The number of benzene rings is 2. The van der Waals surface area contributed by atoms with Crippen LogP contribution in [0.4, 0.5) is 0 Å². The van der Waals surface area contributed by atoms with Crippen molar-refractivity contribution in [2.75, 3.05) is 7.11 Å². The van der Waals surface area contributed by atoms with E-state index in [1.807, 2.05) is 32.0 Å². The molecule has 2 rings (SSSR count).